The average Bonchev–Trinajstić information content (AvgIpc) is 2.68. The van der Waals surface area contributed by atoms with Gasteiger partial charge < -0.3 is 0 Å². The van der Waals surface area contributed by atoms with Crippen LogP contribution in [0.5, 0.6) is 0 Å². The minimum Gasteiger partial charge on any atom is -0.172 e. The molecule has 1 aromatic carbocycles. The maximum Gasteiger partial charge on any atom is 0.418 e. The highest BCUT2D eigenvalue weighted by atomic mass is 127. The molecule has 0 spiro atoms. The zero-order chi connectivity index (χ0) is 14.6. The molecule has 0 fully saturated rings. The summed E-state index contributed by atoms with van der Waals surface area (Å²) in [5.41, 5.74) is -3.72. The Kier molecular flexibility index (Phi) is 3.92. The molecule has 0 saturated carbocycles. The van der Waals surface area contributed by atoms with Gasteiger partial charge in [0.25, 0.3) is 0 Å². The van der Waals surface area contributed by atoms with Crippen molar-refractivity contribution in [3.8, 4) is 0 Å². The zero-order valence-electron chi connectivity index (χ0n) is 8.33. The second kappa shape index (κ2) is 4.82. The first kappa shape index (κ1) is 15.5. The van der Waals surface area contributed by atoms with Gasteiger partial charge in [0, 0.05) is 0 Å². The lowest BCUT2D eigenvalue weighted by molar-refractivity contribution is -0.162. The van der Waals surface area contributed by atoms with E-state index in [0.717, 1.165) is 0 Å². The van der Waals surface area contributed by atoms with Gasteiger partial charge in [0.05, 0.1) is 30.0 Å². The van der Waals surface area contributed by atoms with E-state index in [0.29, 0.717) is 11.7 Å². The monoisotopic (exact) mass is 524 g/mol. The summed E-state index contributed by atoms with van der Waals surface area (Å²) in [5.74, 6) is 0. The highest BCUT2D eigenvalue weighted by molar-refractivity contribution is 14.1. The summed E-state index contributed by atoms with van der Waals surface area (Å²) in [7, 11) is 0. The van der Waals surface area contributed by atoms with Crippen LogP contribution in [-0.2, 0) is 12.4 Å². The molecule has 2 aromatic rings. The number of hydrogen-bond donors (Lipinski definition) is 0. The van der Waals surface area contributed by atoms with Crippen molar-refractivity contribution in [2.24, 2.45) is 0 Å². The smallest absolute Gasteiger partial charge is 0.172 e. The maximum absolute atomic E-state index is 12.9. The fourth-order valence-corrected chi connectivity index (χ4v) is 4.26. The second-order valence-corrected chi connectivity index (χ2v) is 6.02. The number of rotatable bonds is 0. The number of halogens is 8. The number of nitrogens with zero attached hydrogens (tertiary/aromatic N) is 2. The second-order valence-electron chi connectivity index (χ2n) is 3.33. The van der Waals surface area contributed by atoms with Gasteiger partial charge >= 0.3 is 12.4 Å². The van der Waals surface area contributed by atoms with E-state index in [1.54, 1.807) is 0 Å². The van der Waals surface area contributed by atoms with Gasteiger partial charge in [-0.1, -0.05) is 0 Å². The number of aromatic nitrogens is 2. The molecule has 1 heterocycles. The summed E-state index contributed by atoms with van der Waals surface area (Å²) in [4.78, 5) is 0. The van der Waals surface area contributed by atoms with Crippen LogP contribution in [0.1, 0.15) is 11.1 Å². The zero-order valence-corrected chi connectivity index (χ0v) is 13.5. The molecular weight excluding hydrogens is 524 g/mol. The van der Waals surface area contributed by atoms with Crippen LogP contribution in [0.3, 0.4) is 0 Å². The minimum absolute atomic E-state index is 0.157. The first-order valence-corrected chi connectivity index (χ1v) is 7.21. The molecule has 0 aliphatic rings. The van der Waals surface area contributed by atoms with E-state index in [4.69, 9.17) is 0 Å². The number of hydrogen-bond acceptors (Lipinski definition) is 3. The molecule has 2 rings (SSSR count). The van der Waals surface area contributed by atoms with Crippen LogP contribution < -0.4 is 0 Å². The van der Waals surface area contributed by atoms with Gasteiger partial charge in [0.1, 0.15) is 11.0 Å². The summed E-state index contributed by atoms with van der Waals surface area (Å²) in [6.07, 6.45) is -10.2. The molecule has 0 aliphatic carbocycles. The Morgan fingerprint density at radius 2 is 1.05 bits per heavy atom. The van der Waals surface area contributed by atoms with E-state index in [9.17, 15) is 26.3 Å². The van der Waals surface area contributed by atoms with E-state index in [-0.39, 0.29) is 11.0 Å². The highest BCUT2D eigenvalue weighted by Crippen LogP contribution is 2.47. The van der Waals surface area contributed by atoms with Gasteiger partial charge in [-0.05, 0) is 45.2 Å². The van der Waals surface area contributed by atoms with Crippen molar-refractivity contribution in [2.75, 3.05) is 0 Å². The van der Waals surface area contributed by atoms with Gasteiger partial charge in [-0.3, -0.25) is 0 Å². The van der Waals surface area contributed by atoms with Crippen LogP contribution in [0.4, 0.5) is 26.3 Å². The Balaban J connectivity index is 3.02. The Labute approximate surface area is 133 Å². The summed E-state index contributed by atoms with van der Waals surface area (Å²) < 4.78 is 83.5. The number of fused-ring (bicyclic) bond motifs is 1. The van der Waals surface area contributed by atoms with Crippen molar-refractivity contribution in [1.29, 1.82) is 0 Å². The molecule has 104 valence electrons. The van der Waals surface area contributed by atoms with E-state index >= 15 is 0 Å². The van der Waals surface area contributed by atoms with Gasteiger partial charge in [0.2, 0.25) is 0 Å². The van der Waals surface area contributed by atoms with Crippen molar-refractivity contribution in [3.63, 3.8) is 0 Å². The predicted octanol–water partition coefficient (Wildman–Crippen LogP) is 4.94. The van der Waals surface area contributed by atoms with E-state index in [1.165, 1.54) is 45.2 Å². The van der Waals surface area contributed by atoms with Crippen molar-refractivity contribution < 1.29 is 26.3 Å². The average molecular weight is 524 g/mol. The Morgan fingerprint density at radius 3 is 1.32 bits per heavy atom. The highest BCUT2D eigenvalue weighted by Gasteiger charge is 2.47. The van der Waals surface area contributed by atoms with Crippen molar-refractivity contribution in [1.82, 2.24) is 8.75 Å². The van der Waals surface area contributed by atoms with Crippen molar-refractivity contribution in [2.45, 2.75) is 12.4 Å². The Morgan fingerprint density at radius 1 is 0.737 bits per heavy atom. The summed E-state index contributed by atoms with van der Waals surface area (Å²) >= 11 is 3.02. The third kappa shape index (κ3) is 2.64. The maximum atomic E-state index is 12.9. The Hall–Kier alpha value is 0.0800. The molecule has 0 amide bonds. The fourth-order valence-electron chi connectivity index (χ4n) is 1.47. The molecule has 0 bridgehead atoms. The SMILES string of the molecule is FC(F)(F)c1c(C(F)(F)F)c(I)c2nsnc2c1I. The first-order valence-electron chi connectivity index (χ1n) is 4.32. The molecule has 0 radical (unpaired) electrons. The lowest BCUT2D eigenvalue weighted by atomic mass is 10.1. The first-order chi connectivity index (χ1) is 8.55. The molecule has 0 atom stereocenters. The Bertz CT molecular complexity index is 593. The standard InChI is InChI=1S/C8F6I2N2S/c9-7(10,11)1-2(8(12,13)14)4(16)6-5(3(1)15)17-19-18-6. The molecule has 19 heavy (non-hydrogen) atoms. The molecule has 11 heteroatoms. The van der Waals surface area contributed by atoms with Crippen LogP contribution in [0.15, 0.2) is 0 Å². The molecule has 0 unspecified atom stereocenters. The van der Waals surface area contributed by atoms with E-state index < -0.39 is 30.6 Å². The number of benzene rings is 1. The summed E-state index contributed by atoms with van der Waals surface area (Å²) in [6, 6.07) is 0. The predicted molar refractivity (Wildman–Crippen MR) is 72.9 cm³/mol. The lowest BCUT2D eigenvalue weighted by Crippen LogP contribution is -2.20. The largest absolute Gasteiger partial charge is 0.418 e. The van der Waals surface area contributed by atoms with E-state index in [2.05, 4.69) is 8.75 Å². The molecule has 2 nitrogen and oxygen atoms in total. The molecule has 0 N–H and O–H groups in total. The van der Waals surface area contributed by atoms with Crippen LogP contribution >= 0.6 is 56.9 Å². The third-order valence-corrected chi connectivity index (χ3v) is 4.79. The van der Waals surface area contributed by atoms with Crippen LogP contribution in [-0.4, -0.2) is 8.75 Å². The van der Waals surface area contributed by atoms with E-state index in [1.807, 2.05) is 0 Å². The van der Waals surface area contributed by atoms with Gasteiger partial charge in [0.15, 0.2) is 0 Å². The third-order valence-electron chi connectivity index (χ3n) is 2.16. The summed E-state index contributed by atoms with van der Waals surface area (Å²) in [6.45, 7) is 0. The van der Waals surface area contributed by atoms with Crippen LogP contribution in [0.2, 0.25) is 0 Å². The fraction of sp³-hybridized carbons (Fsp3) is 0.250. The molecule has 0 saturated heterocycles. The van der Waals surface area contributed by atoms with Crippen molar-refractivity contribution in [3.05, 3.63) is 18.3 Å². The molecular formula is C8F6I2N2S. The van der Waals surface area contributed by atoms with Gasteiger partial charge in [-0.2, -0.15) is 35.1 Å². The normalized spacial score (nSPS) is 13.3. The molecule has 1 aromatic heterocycles. The van der Waals surface area contributed by atoms with Gasteiger partial charge in [-0.15, -0.1) is 0 Å². The van der Waals surface area contributed by atoms with Crippen LogP contribution in [0, 0.1) is 7.14 Å². The lowest BCUT2D eigenvalue weighted by Gasteiger charge is -2.18. The topological polar surface area (TPSA) is 25.8 Å². The quantitative estimate of drug-likeness (QED) is 0.361. The van der Waals surface area contributed by atoms with Crippen LogP contribution in [0.25, 0.3) is 11.0 Å². The minimum atomic E-state index is -5.11. The van der Waals surface area contributed by atoms with Crippen molar-refractivity contribution >= 4 is 67.9 Å². The summed E-state index contributed by atoms with van der Waals surface area (Å²) in [5, 5.41) is 0. The number of alkyl halides is 6. The van der Waals surface area contributed by atoms with Gasteiger partial charge in [-0.25, -0.2) is 0 Å². The molecule has 0 aliphatic heterocycles.